The molecule has 184 valence electrons. The molecule has 3 aliphatic heterocycles. The molecule has 3 N–H and O–H groups in total. The molecule has 7 nitrogen and oxygen atoms in total. The Morgan fingerprint density at radius 2 is 1.76 bits per heavy atom. The molecule has 1 atom stereocenters. The van der Waals surface area contributed by atoms with E-state index in [0.29, 0.717) is 23.4 Å². The Morgan fingerprint density at radius 3 is 2.56 bits per heavy atom. The van der Waals surface area contributed by atoms with Crippen LogP contribution in [0.25, 0.3) is 0 Å². The Hall–Kier alpha value is -2.35. The van der Waals surface area contributed by atoms with Gasteiger partial charge in [0.15, 0.2) is 0 Å². The number of aromatic hydroxyl groups is 1. The number of likely N-dealkylation sites (tertiary alicyclic amines) is 1. The second kappa shape index (κ2) is 10.9. The van der Waals surface area contributed by atoms with Crippen LogP contribution in [0.2, 0.25) is 0 Å². The number of hydrogen-bond acceptors (Lipinski definition) is 6. The Morgan fingerprint density at radius 1 is 1.00 bits per heavy atom. The summed E-state index contributed by atoms with van der Waals surface area (Å²) in [6.07, 6.45) is 12.2. The molecule has 1 aliphatic carbocycles. The lowest BCUT2D eigenvalue weighted by Gasteiger charge is -2.38. The summed E-state index contributed by atoms with van der Waals surface area (Å²) >= 11 is 0. The fourth-order valence-corrected chi connectivity index (χ4v) is 5.45. The standard InChI is InChI=1S/C27H39N5O2/c33-25-7-2-1-5-22(25)20-30-15-11-23(12-16-30)31-13-4-14-32(18-17-31)26-8-3-6-24(29-26)27(34)28-19-21-9-10-21/h1-3,5-8,21,23,26,29,33H,4,9-20H2,(H,28,34). The molecule has 0 radical (unpaired) electrons. The number of nitrogens with one attached hydrogen (secondary N) is 2. The van der Waals surface area contributed by atoms with E-state index in [-0.39, 0.29) is 12.1 Å². The van der Waals surface area contributed by atoms with Crippen LogP contribution in [-0.4, -0.2) is 83.7 Å². The van der Waals surface area contributed by atoms with Gasteiger partial charge in [-0.3, -0.25) is 19.5 Å². The molecule has 1 saturated carbocycles. The van der Waals surface area contributed by atoms with Gasteiger partial charge in [-0.1, -0.05) is 24.3 Å². The first-order valence-corrected chi connectivity index (χ1v) is 13.1. The van der Waals surface area contributed by atoms with E-state index in [2.05, 4.69) is 31.4 Å². The quantitative estimate of drug-likeness (QED) is 0.574. The molecule has 1 amide bonds. The van der Waals surface area contributed by atoms with Crippen LogP contribution in [0.5, 0.6) is 5.75 Å². The predicted octanol–water partition coefficient (Wildman–Crippen LogP) is 2.26. The van der Waals surface area contributed by atoms with E-state index in [4.69, 9.17) is 0 Å². The van der Waals surface area contributed by atoms with E-state index >= 15 is 0 Å². The van der Waals surface area contributed by atoms with E-state index in [1.165, 1.54) is 25.7 Å². The third-order valence-corrected chi connectivity index (χ3v) is 7.77. The first-order valence-electron chi connectivity index (χ1n) is 13.1. The van der Waals surface area contributed by atoms with Crippen LogP contribution in [-0.2, 0) is 11.3 Å². The zero-order chi connectivity index (χ0) is 23.3. The van der Waals surface area contributed by atoms with E-state index in [0.717, 1.165) is 64.3 Å². The molecule has 7 heteroatoms. The van der Waals surface area contributed by atoms with Gasteiger partial charge in [0.25, 0.3) is 5.91 Å². The monoisotopic (exact) mass is 465 g/mol. The van der Waals surface area contributed by atoms with Gasteiger partial charge in [-0.2, -0.15) is 0 Å². The number of allylic oxidation sites excluding steroid dienone is 2. The molecule has 1 unspecified atom stereocenters. The summed E-state index contributed by atoms with van der Waals surface area (Å²) < 4.78 is 0. The maximum absolute atomic E-state index is 12.5. The number of benzene rings is 1. The average Bonchev–Trinajstić information content (AvgIpc) is 3.72. The third kappa shape index (κ3) is 6.01. The van der Waals surface area contributed by atoms with E-state index in [1.54, 1.807) is 6.07 Å². The topological polar surface area (TPSA) is 71.1 Å². The van der Waals surface area contributed by atoms with Crippen LogP contribution >= 0.6 is 0 Å². The smallest absolute Gasteiger partial charge is 0.267 e. The largest absolute Gasteiger partial charge is 0.508 e. The second-order valence-electron chi connectivity index (χ2n) is 10.3. The molecule has 0 aromatic heterocycles. The first-order chi connectivity index (χ1) is 16.7. The van der Waals surface area contributed by atoms with Crippen molar-refractivity contribution >= 4 is 5.91 Å². The minimum Gasteiger partial charge on any atom is -0.508 e. The van der Waals surface area contributed by atoms with Crippen LogP contribution < -0.4 is 10.6 Å². The maximum atomic E-state index is 12.5. The van der Waals surface area contributed by atoms with E-state index < -0.39 is 0 Å². The SMILES string of the molecule is O=C(NCC1CC1)C1=CC=CC(N2CCCN(C3CCN(Cc4ccccc4O)CC3)CC2)N1. The molecule has 1 aromatic rings. The van der Waals surface area contributed by atoms with Crippen molar-refractivity contribution < 1.29 is 9.90 Å². The maximum Gasteiger partial charge on any atom is 0.267 e. The number of phenolic OH excluding ortho intramolecular Hbond substituents is 1. The van der Waals surface area contributed by atoms with Gasteiger partial charge < -0.3 is 15.7 Å². The van der Waals surface area contributed by atoms with Crippen LogP contribution in [0.1, 0.15) is 37.7 Å². The van der Waals surface area contributed by atoms with Crippen LogP contribution in [0, 0.1) is 5.92 Å². The highest BCUT2D eigenvalue weighted by atomic mass is 16.3. The van der Waals surface area contributed by atoms with Crippen LogP contribution in [0.4, 0.5) is 0 Å². The molecular formula is C27H39N5O2. The van der Waals surface area contributed by atoms with Crippen molar-refractivity contribution in [2.24, 2.45) is 5.92 Å². The van der Waals surface area contributed by atoms with Crippen molar-refractivity contribution in [3.63, 3.8) is 0 Å². The number of nitrogens with zero attached hydrogens (tertiary/aromatic N) is 3. The fraction of sp³-hybridized carbons (Fsp3) is 0.593. The summed E-state index contributed by atoms with van der Waals surface area (Å²) in [7, 11) is 0. The van der Waals surface area contributed by atoms with Gasteiger partial charge in [-0.25, -0.2) is 0 Å². The second-order valence-corrected chi connectivity index (χ2v) is 10.3. The Bertz CT molecular complexity index is 904. The number of hydrogen-bond donors (Lipinski definition) is 3. The lowest BCUT2D eigenvalue weighted by Crippen LogP contribution is -2.50. The molecule has 4 aliphatic rings. The van der Waals surface area contributed by atoms with Crippen molar-refractivity contribution in [1.29, 1.82) is 0 Å². The van der Waals surface area contributed by atoms with Crippen LogP contribution in [0.3, 0.4) is 0 Å². The first kappa shape index (κ1) is 23.4. The van der Waals surface area contributed by atoms with Crippen molar-refractivity contribution in [3.8, 4) is 5.75 Å². The molecule has 1 aromatic carbocycles. The van der Waals surface area contributed by atoms with Crippen LogP contribution in [0.15, 0.2) is 48.2 Å². The van der Waals surface area contributed by atoms with Gasteiger partial charge in [0, 0.05) is 44.3 Å². The zero-order valence-electron chi connectivity index (χ0n) is 20.2. The Labute approximate surface area is 203 Å². The number of amides is 1. The number of carbonyl (C=O) groups excluding carboxylic acids is 1. The van der Waals surface area contributed by atoms with Crippen molar-refractivity contribution in [1.82, 2.24) is 25.3 Å². The highest BCUT2D eigenvalue weighted by Crippen LogP contribution is 2.27. The highest BCUT2D eigenvalue weighted by molar-refractivity contribution is 5.93. The number of para-hydroxylation sites is 1. The van der Waals surface area contributed by atoms with Gasteiger partial charge in [0.2, 0.25) is 0 Å². The summed E-state index contributed by atoms with van der Waals surface area (Å²) in [5.41, 5.74) is 1.71. The molecule has 0 spiro atoms. The van der Waals surface area contributed by atoms with Gasteiger partial charge in [0.1, 0.15) is 11.4 Å². The Kier molecular flexibility index (Phi) is 7.52. The van der Waals surface area contributed by atoms with Gasteiger partial charge in [0.05, 0.1) is 6.17 Å². The van der Waals surface area contributed by atoms with Crippen molar-refractivity contribution in [2.45, 2.75) is 50.9 Å². The number of piperidine rings is 1. The normalized spacial score (nSPS) is 25.4. The van der Waals surface area contributed by atoms with E-state index in [9.17, 15) is 9.90 Å². The predicted molar refractivity (Wildman–Crippen MR) is 134 cm³/mol. The fourth-order valence-electron chi connectivity index (χ4n) is 5.45. The number of phenols is 1. The van der Waals surface area contributed by atoms with Crippen molar-refractivity contribution in [3.05, 3.63) is 53.8 Å². The zero-order valence-corrected chi connectivity index (χ0v) is 20.2. The molecular weight excluding hydrogens is 426 g/mol. The molecule has 3 fully saturated rings. The van der Waals surface area contributed by atoms with Gasteiger partial charge in [-0.05, 0) is 75.9 Å². The third-order valence-electron chi connectivity index (χ3n) is 7.77. The molecule has 0 bridgehead atoms. The van der Waals surface area contributed by atoms with E-state index in [1.807, 2.05) is 30.4 Å². The number of dihydropyridines is 1. The van der Waals surface area contributed by atoms with Gasteiger partial charge in [-0.15, -0.1) is 0 Å². The number of rotatable bonds is 7. The lowest BCUT2D eigenvalue weighted by molar-refractivity contribution is -0.118. The summed E-state index contributed by atoms with van der Waals surface area (Å²) in [6.45, 7) is 8.06. The van der Waals surface area contributed by atoms with Crippen molar-refractivity contribution in [2.75, 3.05) is 45.8 Å². The minimum absolute atomic E-state index is 0.0216. The lowest BCUT2D eigenvalue weighted by atomic mass is 10.0. The molecule has 5 rings (SSSR count). The Balaban J connectivity index is 1.07. The summed E-state index contributed by atoms with van der Waals surface area (Å²) in [5.74, 6) is 1.11. The van der Waals surface area contributed by atoms with Gasteiger partial charge >= 0.3 is 0 Å². The average molecular weight is 466 g/mol. The summed E-state index contributed by atoms with van der Waals surface area (Å²) in [4.78, 5) is 20.2. The summed E-state index contributed by atoms with van der Waals surface area (Å²) in [5, 5.41) is 16.6. The molecule has 3 heterocycles. The number of carbonyl (C=O) groups is 1. The highest BCUT2D eigenvalue weighted by Gasteiger charge is 2.29. The molecule has 2 saturated heterocycles. The summed E-state index contributed by atoms with van der Waals surface area (Å²) in [6, 6.07) is 8.32. The molecule has 34 heavy (non-hydrogen) atoms. The minimum atomic E-state index is 0.0216.